The first-order chi connectivity index (χ1) is 12.1. The Morgan fingerprint density at radius 3 is 2.44 bits per heavy atom. The predicted octanol–water partition coefficient (Wildman–Crippen LogP) is 2.19. The largest absolute Gasteiger partial charge is 0.508 e. The van der Waals surface area contributed by atoms with Gasteiger partial charge in [-0.2, -0.15) is 0 Å². The monoisotopic (exact) mass is 344 g/mol. The first-order valence-electron chi connectivity index (χ1n) is 7.76. The number of carbonyl (C=O) groups excluding carboxylic acids is 2. The summed E-state index contributed by atoms with van der Waals surface area (Å²) in [6.07, 6.45) is 3.39. The Balaban J connectivity index is 1.87. The van der Waals surface area contributed by atoms with Crippen LogP contribution in [-0.4, -0.2) is 35.3 Å². The van der Waals surface area contributed by atoms with Gasteiger partial charge in [0.05, 0.1) is 7.11 Å². The Labute approximate surface area is 145 Å². The number of benzene rings is 1. The number of aromatic hydroxyl groups is 1. The van der Waals surface area contributed by atoms with E-state index in [1.54, 1.807) is 48.8 Å². The highest BCUT2D eigenvalue weighted by molar-refractivity contribution is 5.81. The van der Waals surface area contributed by atoms with Gasteiger partial charge in [0.25, 0.3) is 0 Å². The van der Waals surface area contributed by atoms with Crippen molar-refractivity contribution >= 4 is 12.1 Å². The lowest BCUT2D eigenvalue weighted by Crippen LogP contribution is -2.42. The summed E-state index contributed by atoms with van der Waals surface area (Å²) in [6, 6.07) is 9.30. The summed E-state index contributed by atoms with van der Waals surface area (Å²) in [5.41, 5.74) is 1.72. The molecule has 1 amide bonds. The SMILES string of the molecule is COC(=O)C(CCc1ccc(O)cc1)NC(=O)OCc1ccncc1. The standard InChI is InChI=1S/C18H20N2O5/c1-24-17(22)16(7-4-13-2-5-15(21)6-3-13)20-18(23)25-12-14-8-10-19-11-9-14/h2-3,5-6,8-11,16,21H,4,7,12H2,1H3,(H,20,23). The van der Waals surface area contributed by atoms with Crippen LogP contribution in [-0.2, 0) is 27.3 Å². The van der Waals surface area contributed by atoms with Crippen LogP contribution in [0.2, 0.25) is 0 Å². The van der Waals surface area contributed by atoms with Gasteiger partial charge in [-0.25, -0.2) is 9.59 Å². The van der Waals surface area contributed by atoms with E-state index in [4.69, 9.17) is 9.47 Å². The minimum atomic E-state index is -0.816. The fourth-order valence-electron chi connectivity index (χ4n) is 2.18. The number of esters is 1. The zero-order valence-electron chi connectivity index (χ0n) is 13.8. The molecule has 0 spiro atoms. The number of aryl methyl sites for hydroxylation is 1. The van der Waals surface area contributed by atoms with Gasteiger partial charge in [-0.15, -0.1) is 0 Å². The van der Waals surface area contributed by atoms with Crippen LogP contribution < -0.4 is 5.32 Å². The third-order valence-electron chi connectivity index (χ3n) is 3.56. The minimum absolute atomic E-state index is 0.0835. The number of aromatic nitrogens is 1. The summed E-state index contributed by atoms with van der Waals surface area (Å²) in [5.74, 6) is -0.370. The van der Waals surface area contributed by atoms with Crippen LogP contribution in [0.5, 0.6) is 5.75 Å². The number of alkyl carbamates (subject to hydrolysis) is 1. The molecule has 0 aliphatic rings. The molecule has 0 bridgehead atoms. The molecule has 2 N–H and O–H groups in total. The van der Waals surface area contributed by atoms with Crippen LogP contribution in [0.15, 0.2) is 48.8 Å². The summed E-state index contributed by atoms with van der Waals surface area (Å²) in [6.45, 7) is 0.0835. The summed E-state index contributed by atoms with van der Waals surface area (Å²) in [7, 11) is 1.26. The Hall–Kier alpha value is -3.09. The van der Waals surface area contributed by atoms with E-state index >= 15 is 0 Å². The lowest BCUT2D eigenvalue weighted by molar-refractivity contribution is -0.143. The third kappa shape index (κ3) is 6.14. The van der Waals surface area contributed by atoms with Crippen molar-refractivity contribution < 1.29 is 24.2 Å². The molecule has 132 valence electrons. The maximum absolute atomic E-state index is 11.9. The average molecular weight is 344 g/mol. The molecule has 0 aliphatic heterocycles. The van der Waals surface area contributed by atoms with Gasteiger partial charge in [0, 0.05) is 12.4 Å². The summed E-state index contributed by atoms with van der Waals surface area (Å²) in [5, 5.41) is 11.8. The van der Waals surface area contributed by atoms with Crippen molar-refractivity contribution in [2.45, 2.75) is 25.5 Å². The Bertz CT molecular complexity index is 688. The molecule has 0 saturated heterocycles. The van der Waals surface area contributed by atoms with E-state index in [9.17, 15) is 14.7 Å². The molecule has 0 radical (unpaired) electrons. The van der Waals surface area contributed by atoms with E-state index in [1.807, 2.05) is 0 Å². The van der Waals surface area contributed by atoms with Gasteiger partial charge in [-0.3, -0.25) is 4.98 Å². The molecule has 1 aromatic heterocycles. The van der Waals surface area contributed by atoms with Crippen LogP contribution in [0, 0.1) is 0 Å². The molecule has 7 nitrogen and oxygen atoms in total. The summed E-state index contributed by atoms with van der Waals surface area (Å²) in [4.78, 5) is 27.7. The number of pyridine rings is 1. The van der Waals surface area contributed by atoms with Crippen molar-refractivity contribution in [1.82, 2.24) is 10.3 Å². The number of methoxy groups -OCH3 is 1. The number of phenolic OH excluding ortho intramolecular Hbond substituents is 1. The van der Waals surface area contributed by atoms with Crippen molar-refractivity contribution in [2.75, 3.05) is 7.11 Å². The maximum atomic E-state index is 11.9. The van der Waals surface area contributed by atoms with E-state index in [0.717, 1.165) is 11.1 Å². The third-order valence-corrected chi connectivity index (χ3v) is 3.56. The molecule has 1 atom stereocenters. The molecule has 0 saturated carbocycles. The maximum Gasteiger partial charge on any atom is 0.408 e. The first kappa shape index (κ1) is 18.3. The van der Waals surface area contributed by atoms with Gasteiger partial charge in [0.1, 0.15) is 18.4 Å². The number of amides is 1. The smallest absolute Gasteiger partial charge is 0.408 e. The van der Waals surface area contributed by atoms with Crippen molar-refractivity contribution in [2.24, 2.45) is 0 Å². The molecule has 1 aromatic carbocycles. The predicted molar refractivity (Wildman–Crippen MR) is 89.8 cm³/mol. The molecule has 2 aromatic rings. The molecule has 25 heavy (non-hydrogen) atoms. The highest BCUT2D eigenvalue weighted by atomic mass is 16.6. The van der Waals surface area contributed by atoms with Gasteiger partial charge in [-0.1, -0.05) is 12.1 Å². The first-order valence-corrected chi connectivity index (χ1v) is 7.76. The van der Waals surface area contributed by atoms with Crippen LogP contribution in [0.25, 0.3) is 0 Å². The van der Waals surface area contributed by atoms with Gasteiger partial charge >= 0.3 is 12.1 Å². The normalized spacial score (nSPS) is 11.4. The van der Waals surface area contributed by atoms with Gasteiger partial charge in [-0.05, 0) is 48.2 Å². The summed E-state index contributed by atoms with van der Waals surface area (Å²) >= 11 is 0. The second-order valence-corrected chi connectivity index (χ2v) is 5.36. The second kappa shape index (κ2) is 9.27. The van der Waals surface area contributed by atoms with Crippen LogP contribution in [0.4, 0.5) is 4.79 Å². The number of nitrogens with zero attached hydrogens (tertiary/aromatic N) is 1. The Morgan fingerprint density at radius 1 is 1.12 bits per heavy atom. The molecular weight excluding hydrogens is 324 g/mol. The highest BCUT2D eigenvalue weighted by Crippen LogP contribution is 2.12. The van der Waals surface area contributed by atoms with Crippen molar-refractivity contribution in [3.63, 3.8) is 0 Å². The summed E-state index contributed by atoms with van der Waals surface area (Å²) < 4.78 is 9.83. The zero-order valence-corrected chi connectivity index (χ0v) is 13.8. The van der Waals surface area contributed by atoms with E-state index in [1.165, 1.54) is 7.11 Å². The van der Waals surface area contributed by atoms with Crippen molar-refractivity contribution in [3.05, 3.63) is 59.9 Å². The van der Waals surface area contributed by atoms with Crippen LogP contribution >= 0.6 is 0 Å². The topological polar surface area (TPSA) is 97.8 Å². The molecule has 7 heteroatoms. The zero-order chi connectivity index (χ0) is 18.1. The number of carbonyl (C=O) groups is 2. The average Bonchev–Trinajstić information content (AvgIpc) is 2.65. The number of nitrogens with one attached hydrogen (secondary N) is 1. The molecular formula is C18H20N2O5. The number of hydrogen-bond donors (Lipinski definition) is 2. The Kier molecular flexibility index (Phi) is 6.76. The highest BCUT2D eigenvalue weighted by Gasteiger charge is 2.22. The number of hydrogen-bond acceptors (Lipinski definition) is 6. The second-order valence-electron chi connectivity index (χ2n) is 5.36. The minimum Gasteiger partial charge on any atom is -0.508 e. The van der Waals surface area contributed by atoms with Gasteiger partial charge < -0.3 is 19.9 Å². The van der Waals surface area contributed by atoms with E-state index in [2.05, 4.69) is 10.3 Å². The Morgan fingerprint density at radius 2 is 1.80 bits per heavy atom. The van der Waals surface area contributed by atoms with Crippen LogP contribution in [0.1, 0.15) is 17.5 Å². The fourth-order valence-corrected chi connectivity index (χ4v) is 2.18. The molecule has 0 fully saturated rings. The molecule has 0 aliphatic carbocycles. The van der Waals surface area contributed by atoms with Gasteiger partial charge in [0.2, 0.25) is 0 Å². The quantitative estimate of drug-likeness (QED) is 0.747. The number of rotatable bonds is 7. The van der Waals surface area contributed by atoms with E-state index in [-0.39, 0.29) is 12.4 Å². The number of ether oxygens (including phenoxy) is 2. The lowest BCUT2D eigenvalue weighted by atomic mass is 10.1. The number of phenols is 1. The van der Waals surface area contributed by atoms with Gasteiger partial charge in [0.15, 0.2) is 0 Å². The van der Waals surface area contributed by atoms with Crippen LogP contribution in [0.3, 0.4) is 0 Å². The fraction of sp³-hybridized carbons (Fsp3) is 0.278. The van der Waals surface area contributed by atoms with Crippen molar-refractivity contribution in [3.8, 4) is 5.75 Å². The van der Waals surface area contributed by atoms with Crippen molar-refractivity contribution in [1.29, 1.82) is 0 Å². The lowest BCUT2D eigenvalue weighted by Gasteiger charge is -2.16. The van der Waals surface area contributed by atoms with E-state index < -0.39 is 18.1 Å². The molecule has 1 unspecified atom stereocenters. The molecule has 2 rings (SSSR count). The van der Waals surface area contributed by atoms with E-state index in [0.29, 0.717) is 12.8 Å². The molecule has 1 heterocycles.